The summed E-state index contributed by atoms with van der Waals surface area (Å²) in [5, 5.41) is 68.7. The van der Waals surface area contributed by atoms with Gasteiger partial charge in [-0.1, -0.05) is 0 Å². The Labute approximate surface area is 229 Å². The molecule has 2 aliphatic heterocycles. The predicted octanol–water partition coefficient (Wildman–Crippen LogP) is -3.21. The lowest BCUT2D eigenvalue weighted by atomic mass is 9.62. The molecule has 2 amide bonds. The van der Waals surface area contributed by atoms with Crippen LogP contribution in [0.2, 0.25) is 0 Å². The van der Waals surface area contributed by atoms with Gasteiger partial charge in [-0.05, 0) is 0 Å². The number of amides is 2. The fraction of sp³-hybridized carbons (Fsp3) is 0.652. The lowest BCUT2D eigenvalue weighted by molar-refractivity contribution is -0.352. The molecule has 0 unspecified atom stereocenters. The summed E-state index contributed by atoms with van der Waals surface area (Å²) >= 11 is 0. The second kappa shape index (κ2) is 12.3. The number of halogens is 4. The maximum Gasteiger partial charge on any atom is 0.257 e. The number of aliphatic hydroxyl groups is 6. The van der Waals surface area contributed by atoms with Crippen molar-refractivity contribution in [3.63, 3.8) is 0 Å². The van der Waals surface area contributed by atoms with Crippen molar-refractivity contribution in [2.24, 2.45) is 0 Å². The fourth-order valence-electron chi connectivity index (χ4n) is 5.36. The first-order valence-electron chi connectivity index (χ1n) is 12.0. The first kappa shape index (κ1) is 32.8. The molecule has 8 N–H and O–H groups in total. The monoisotopic (exact) mass is 602 g/mol. The molecule has 232 valence electrons. The Hall–Kier alpha value is -2.68. The van der Waals surface area contributed by atoms with Gasteiger partial charge in [-0.2, -0.15) is 8.78 Å². The molecule has 0 aromatic heterocycles. The topological polar surface area (TPSA) is 216 Å². The summed E-state index contributed by atoms with van der Waals surface area (Å²) in [4.78, 5) is 25.5. The zero-order chi connectivity index (χ0) is 31.0. The van der Waals surface area contributed by atoms with E-state index in [2.05, 4.69) is 10.1 Å². The molecule has 0 saturated carbocycles. The number of methoxy groups -OCH3 is 2. The van der Waals surface area contributed by atoms with Crippen LogP contribution in [0, 0.1) is 23.3 Å². The van der Waals surface area contributed by atoms with Crippen molar-refractivity contribution in [1.82, 2.24) is 10.6 Å². The fourth-order valence-corrected chi connectivity index (χ4v) is 5.36. The molecule has 3 rings (SSSR count). The minimum absolute atomic E-state index is 0.703. The van der Waals surface area contributed by atoms with E-state index in [1.807, 2.05) is 5.32 Å². The molecule has 41 heavy (non-hydrogen) atoms. The van der Waals surface area contributed by atoms with Crippen molar-refractivity contribution >= 4 is 11.8 Å². The Morgan fingerprint density at radius 2 is 1.61 bits per heavy atom. The van der Waals surface area contributed by atoms with E-state index >= 15 is 0 Å². The minimum atomic E-state index is -3.21. The van der Waals surface area contributed by atoms with Gasteiger partial charge in [0.05, 0.1) is 33.0 Å². The van der Waals surface area contributed by atoms with Crippen molar-refractivity contribution in [2.75, 3.05) is 34.0 Å². The van der Waals surface area contributed by atoms with Crippen molar-refractivity contribution in [2.45, 2.75) is 60.9 Å². The molecule has 0 bridgehead atoms. The molecule has 0 aliphatic carbocycles. The van der Waals surface area contributed by atoms with Crippen LogP contribution < -0.4 is 15.4 Å². The van der Waals surface area contributed by atoms with Gasteiger partial charge in [-0.3, -0.25) is 9.59 Å². The number of carbonyl (C=O) groups excluding carboxylic acids is 2. The molecule has 1 aromatic carbocycles. The quantitative estimate of drug-likeness (QED) is 0.109. The zero-order valence-corrected chi connectivity index (χ0v) is 21.8. The van der Waals surface area contributed by atoms with E-state index in [1.165, 1.54) is 0 Å². The van der Waals surface area contributed by atoms with Gasteiger partial charge < -0.3 is 60.2 Å². The third-order valence-electron chi connectivity index (χ3n) is 7.21. The summed E-state index contributed by atoms with van der Waals surface area (Å²) < 4.78 is 78.4. The maximum atomic E-state index is 14.7. The largest absolute Gasteiger partial charge is 0.491 e. The molecule has 2 saturated heterocycles. The van der Waals surface area contributed by atoms with E-state index in [1.54, 1.807) is 0 Å². The second-order valence-electron chi connectivity index (χ2n) is 9.42. The van der Waals surface area contributed by atoms with Crippen LogP contribution in [-0.4, -0.2) is 130 Å². The third-order valence-corrected chi connectivity index (χ3v) is 7.21. The van der Waals surface area contributed by atoms with E-state index in [0.717, 1.165) is 14.0 Å². The van der Waals surface area contributed by atoms with Crippen LogP contribution >= 0.6 is 0 Å². The SMILES string of the molecule is COc1c(F)c(F)c(C(=O)N[C@H]2[C@@H](O)CO[C@H](CO)[C@]2(O)[C@]2(NC(C)=O)[C@@H](OC)O[C@H](CO)[C@@H](O)[C@@H]2O)c(F)c1F. The molecule has 2 fully saturated rings. The molecular formula is C23H30F4N2O12. The van der Waals surface area contributed by atoms with Crippen LogP contribution in [0.25, 0.3) is 0 Å². The Morgan fingerprint density at radius 3 is 2.07 bits per heavy atom. The molecule has 18 heteroatoms. The van der Waals surface area contributed by atoms with Crippen LogP contribution in [0.1, 0.15) is 17.3 Å². The number of benzene rings is 1. The third kappa shape index (κ3) is 5.02. The minimum Gasteiger partial charge on any atom is -0.491 e. The Bertz CT molecular complexity index is 1130. The number of aliphatic hydroxyl groups excluding tert-OH is 5. The number of hydrogen-bond donors (Lipinski definition) is 8. The lowest BCUT2D eigenvalue weighted by Crippen LogP contribution is -2.90. The predicted molar refractivity (Wildman–Crippen MR) is 123 cm³/mol. The first-order valence-corrected chi connectivity index (χ1v) is 12.0. The zero-order valence-electron chi connectivity index (χ0n) is 21.8. The number of carbonyl (C=O) groups is 2. The number of ether oxygens (including phenoxy) is 4. The second-order valence-corrected chi connectivity index (χ2v) is 9.42. The summed E-state index contributed by atoms with van der Waals surface area (Å²) in [6, 6.07) is -2.31. The molecule has 1 aromatic rings. The van der Waals surface area contributed by atoms with Crippen molar-refractivity contribution < 1.29 is 76.7 Å². The molecule has 9 atom stereocenters. The standard InChI is InChI=1S/C23H30F4N2O12/c1-7(32)29-22(19(35)16(34)9(4-30)41-21(22)39-3)23(37)10(5-31)40-6-8(33)18(23)28-20(36)11-12(24)14(26)17(38-2)15(27)13(11)25/h8-10,16,18-19,21,30-31,33-35,37H,4-6H2,1-3H3,(H,28,36)(H,29,32)/t8-,9+,10+,16+,18-,19-,21-,22+,23+/m0/s1. The van der Waals surface area contributed by atoms with Crippen LogP contribution in [-0.2, 0) is 19.0 Å². The van der Waals surface area contributed by atoms with Crippen molar-refractivity contribution in [1.29, 1.82) is 0 Å². The van der Waals surface area contributed by atoms with Gasteiger partial charge in [0.25, 0.3) is 5.91 Å². The lowest BCUT2D eigenvalue weighted by Gasteiger charge is -2.62. The highest BCUT2D eigenvalue weighted by molar-refractivity contribution is 5.95. The summed E-state index contributed by atoms with van der Waals surface area (Å²) in [6.45, 7) is -2.00. The van der Waals surface area contributed by atoms with Gasteiger partial charge in [0.15, 0.2) is 29.2 Å². The van der Waals surface area contributed by atoms with Gasteiger partial charge in [-0.15, -0.1) is 0 Å². The first-order chi connectivity index (χ1) is 19.2. The van der Waals surface area contributed by atoms with Crippen LogP contribution in [0.15, 0.2) is 0 Å². The average Bonchev–Trinajstić information content (AvgIpc) is 2.93. The normalized spacial score (nSPS) is 35.6. The van der Waals surface area contributed by atoms with Crippen molar-refractivity contribution in [3.05, 3.63) is 28.8 Å². The highest BCUT2D eigenvalue weighted by Crippen LogP contribution is 2.45. The molecular weight excluding hydrogens is 572 g/mol. The Balaban J connectivity index is 2.26. The van der Waals surface area contributed by atoms with Gasteiger partial charge in [-0.25, -0.2) is 8.78 Å². The number of rotatable bonds is 8. The van der Waals surface area contributed by atoms with E-state index in [-0.39, 0.29) is 0 Å². The van der Waals surface area contributed by atoms with Gasteiger partial charge in [0.2, 0.25) is 17.5 Å². The van der Waals surface area contributed by atoms with E-state index in [9.17, 15) is 57.8 Å². The van der Waals surface area contributed by atoms with Gasteiger partial charge in [0.1, 0.15) is 41.7 Å². The molecule has 0 spiro atoms. The van der Waals surface area contributed by atoms with Gasteiger partial charge >= 0.3 is 0 Å². The highest BCUT2D eigenvalue weighted by atomic mass is 19.2. The Morgan fingerprint density at radius 1 is 1.02 bits per heavy atom. The van der Waals surface area contributed by atoms with Gasteiger partial charge in [0, 0.05) is 14.0 Å². The Kier molecular flexibility index (Phi) is 9.83. The highest BCUT2D eigenvalue weighted by Gasteiger charge is 2.73. The number of hydrogen-bond acceptors (Lipinski definition) is 12. The van der Waals surface area contributed by atoms with Crippen LogP contribution in [0.5, 0.6) is 5.75 Å². The summed E-state index contributed by atoms with van der Waals surface area (Å²) in [5.74, 6) is -13.1. The molecule has 14 nitrogen and oxygen atoms in total. The summed E-state index contributed by atoms with van der Waals surface area (Å²) in [6.07, 6.45) is -12.2. The summed E-state index contributed by atoms with van der Waals surface area (Å²) in [7, 11) is 1.65. The maximum absolute atomic E-state index is 14.7. The van der Waals surface area contributed by atoms with Crippen molar-refractivity contribution in [3.8, 4) is 5.75 Å². The molecule has 0 radical (unpaired) electrons. The van der Waals surface area contributed by atoms with E-state index in [4.69, 9.17) is 14.2 Å². The smallest absolute Gasteiger partial charge is 0.257 e. The van der Waals surface area contributed by atoms with E-state index in [0.29, 0.717) is 7.11 Å². The molecule has 2 aliphatic rings. The van der Waals surface area contributed by atoms with E-state index < -0.39 is 120 Å². The summed E-state index contributed by atoms with van der Waals surface area (Å²) in [5.41, 5.74) is -7.95. The van der Waals surface area contributed by atoms with Crippen LogP contribution in [0.3, 0.4) is 0 Å². The van der Waals surface area contributed by atoms with Crippen LogP contribution in [0.4, 0.5) is 17.6 Å². The average molecular weight is 602 g/mol. The molecule has 2 heterocycles. The number of nitrogens with one attached hydrogen (secondary N) is 2.